The molecule has 0 radical (unpaired) electrons. The van der Waals surface area contributed by atoms with Crippen LogP contribution in [0.3, 0.4) is 0 Å². The summed E-state index contributed by atoms with van der Waals surface area (Å²) in [7, 11) is 0. The van der Waals surface area contributed by atoms with Gasteiger partial charge >= 0.3 is 5.97 Å². The maximum absolute atomic E-state index is 13.1. The average Bonchev–Trinajstić information content (AvgIpc) is 2.75. The number of hydrogen-bond acceptors (Lipinski definition) is 4. The highest BCUT2D eigenvalue weighted by Crippen LogP contribution is 2.24. The van der Waals surface area contributed by atoms with Crippen LogP contribution in [0, 0.1) is 13.8 Å². The standard InChI is InChI=1S/C25H25NO4/c1-4-29-21-14-12-20(13-15-21)25(28)30-23(19-8-6-5-7-9-19)24(27)26-22-16-17(2)10-11-18(22)3/h5-16,23H,4H2,1-3H3,(H,26,27)/t23-/m0/s1. The number of aryl methyl sites for hydroxylation is 2. The molecule has 3 aromatic rings. The van der Waals surface area contributed by atoms with Crippen molar-refractivity contribution in [3.8, 4) is 5.75 Å². The van der Waals surface area contributed by atoms with Crippen LogP contribution in [-0.2, 0) is 9.53 Å². The molecule has 0 aliphatic rings. The highest BCUT2D eigenvalue weighted by Gasteiger charge is 2.26. The van der Waals surface area contributed by atoms with Crippen LogP contribution in [0.4, 0.5) is 5.69 Å². The first kappa shape index (κ1) is 21.1. The summed E-state index contributed by atoms with van der Waals surface area (Å²) in [6.45, 7) is 6.30. The first-order chi connectivity index (χ1) is 14.5. The molecule has 0 bridgehead atoms. The second-order valence-electron chi connectivity index (χ2n) is 6.96. The van der Waals surface area contributed by atoms with Gasteiger partial charge in [-0.25, -0.2) is 4.79 Å². The third-order valence-corrected chi connectivity index (χ3v) is 4.62. The molecular formula is C25H25NO4. The van der Waals surface area contributed by atoms with Gasteiger partial charge in [-0.05, 0) is 62.2 Å². The molecule has 3 rings (SSSR count). The number of nitrogens with one attached hydrogen (secondary N) is 1. The zero-order valence-corrected chi connectivity index (χ0v) is 17.3. The Kier molecular flexibility index (Phi) is 6.86. The van der Waals surface area contributed by atoms with Gasteiger partial charge in [0.15, 0.2) is 0 Å². The molecule has 5 nitrogen and oxygen atoms in total. The van der Waals surface area contributed by atoms with Crippen molar-refractivity contribution in [1.82, 2.24) is 0 Å². The number of hydrogen-bond donors (Lipinski definition) is 1. The van der Waals surface area contributed by atoms with Crippen LogP contribution in [0.15, 0.2) is 72.8 Å². The SMILES string of the molecule is CCOc1ccc(C(=O)O[C@H](C(=O)Nc2cc(C)ccc2C)c2ccccc2)cc1. The summed E-state index contributed by atoms with van der Waals surface area (Å²) in [5, 5.41) is 2.90. The Labute approximate surface area is 176 Å². The number of anilines is 1. The molecule has 1 amide bonds. The van der Waals surface area contributed by atoms with Crippen molar-refractivity contribution >= 4 is 17.6 Å². The van der Waals surface area contributed by atoms with E-state index in [0.29, 0.717) is 29.2 Å². The normalized spacial score (nSPS) is 11.4. The van der Waals surface area contributed by atoms with E-state index in [4.69, 9.17) is 9.47 Å². The van der Waals surface area contributed by atoms with Crippen molar-refractivity contribution in [3.63, 3.8) is 0 Å². The fourth-order valence-corrected chi connectivity index (χ4v) is 3.00. The zero-order chi connectivity index (χ0) is 21.5. The van der Waals surface area contributed by atoms with Crippen molar-refractivity contribution in [2.24, 2.45) is 0 Å². The number of ether oxygens (including phenoxy) is 2. The minimum atomic E-state index is -1.08. The minimum absolute atomic E-state index is 0.346. The lowest BCUT2D eigenvalue weighted by Crippen LogP contribution is -2.26. The molecule has 30 heavy (non-hydrogen) atoms. The van der Waals surface area contributed by atoms with Crippen LogP contribution >= 0.6 is 0 Å². The van der Waals surface area contributed by atoms with E-state index >= 15 is 0 Å². The Balaban J connectivity index is 1.83. The van der Waals surface area contributed by atoms with Gasteiger partial charge in [0.1, 0.15) is 5.75 Å². The van der Waals surface area contributed by atoms with Crippen molar-refractivity contribution in [1.29, 1.82) is 0 Å². The van der Waals surface area contributed by atoms with Gasteiger partial charge in [0.25, 0.3) is 5.91 Å². The van der Waals surface area contributed by atoms with E-state index in [1.165, 1.54) is 0 Å². The van der Waals surface area contributed by atoms with E-state index in [2.05, 4.69) is 5.32 Å². The van der Waals surface area contributed by atoms with E-state index in [1.807, 2.05) is 45.0 Å². The largest absolute Gasteiger partial charge is 0.494 e. The molecule has 5 heteroatoms. The highest BCUT2D eigenvalue weighted by atomic mass is 16.5. The van der Waals surface area contributed by atoms with Crippen molar-refractivity contribution < 1.29 is 19.1 Å². The van der Waals surface area contributed by atoms with Crippen molar-refractivity contribution in [2.75, 3.05) is 11.9 Å². The van der Waals surface area contributed by atoms with E-state index < -0.39 is 18.0 Å². The van der Waals surface area contributed by atoms with Crippen LogP contribution in [0.1, 0.15) is 40.1 Å². The van der Waals surface area contributed by atoms with E-state index in [1.54, 1.807) is 48.5 Å². The molecule has 0 aliphatic heterocycles. The van der Waals surface area contributed by atoms with E-state index in [9.17, 15) is 9.59 Å². The van der Waals surface area contributed by atoms with E-state index in [0.717, 1.165) is 11.1 Å². The molecule has 0 unspecified atom stereocenters. The summed E-state index contributed by atoms with van der Waals surface area (Å²) in [5.74, 6) is -0.321. The molecule has 0 spiro atoms. The fraction of sp³-hybridized carbons (Fsp3) is 0.200. The predicted molar refractivity (Wildman–Crippen MR) is 117 cm³/mol. The van der Waals surface area contributed by atoms with Gasteiger partial charge in [0.05, 0.1) is 12.2 Å². The van der Waals surface area contributed by atoms with Crippen LogP contribution in [0.25, 0.3) is 0 Å². The summed E-state index contributed by atoms with van der Waals surface area (Å²) in [5.41, 5.74) is 3.59. The summed E-state index contributed by atoms with van der Waals surface area (Å²) in [6.07, 6.45) is -1.08. The Morgan fingerprint density at radius 1 is 0.933 bits per heavy atom. The zero-order valence-electron chi connectivity index (χ0n) is 17.3. The first-order valence-corrected chi connectivity index (χ1v) is 9.85. The van der Waals surface area contributed by atoms with E-state index in [-0.39, 0.29) is 0 Å². The molecule has 0 saturated carbocycles. The number of rotatable bonds is 7. The Morgan fingerprint density at radius 3 is 2.30 bits per heavy atom. The minimum Gasteiger partial charge on any atom is -0.494 e. The third kappa shape index (κ3) is 5.26. The Morgan fingerprint density at radius 2 is 1.63 bits per heavy atom. The molecule has 1 atom stereocenters. The number of esters is 1. The molecule has 0 aromatic heterocycles. The Bertz CT molecular complexity index is 1010. The predicted octanol–water partition coefficient (Wildman–Crippen LogP) is 5.24. The fourth-order valence-electron chi connectivity index (χ4n) is 3.00. The summed E-state index contributed by atoms with van der Waals surface area (Å²) in [4.78, 5) is 25.8. The lowest BCUT2D eigenvalue weighted by Gasteiger charge is -2.19. The number of benzene rings is 3. The molecule has 0 aliphatic carbocycles. The lowest BCUT2D eigenvalue weighted by atomic mass is 10.1. The topological polar surface area (TPSA) is 64.6 Å². The maximum atomic E-state index is 13.1. The second-order valence-corrected chi connectivity index (χ2v) is 6.96. The van der Waals surface area contributed by atoms with Gasteiger partial charge in [-0.2, -0.15) is 0 Å². The third-order valence-electron chi connectivity index (χ3n) is 4.62. The number of carbonyl (C=O) groups excluding carboxylic acids is 2. The number of amides is 1. The average molecular weight is 403 g/mol. The maximum Gasteiger partial charge on any atom is 0.339 e. The van der Waals surface area contributed by atoms with Gasteiger partial charge in [-0.1, -0.05) is 42.5 Å². The van der Waals surface area contributed by atoms with Crippen LogP contribution in [-0.4, -0.2) is 18.5 Å². The second kappa shape index (κ2) is 9.74. The molecule has 0 saturated heterocycles. The quantitative estimate of drug-likeness (QED) is 0.548. The molecule has 1 N–H and O–H groups in total. The van der Waals surface area contributed by atoms with Gasteiger partial charge in [-0.3, -0.25) is 4.79 Å². The molecule has 0 heterocycles. The van der Waals surface area contributed by atoms with Crippen LogP contribution < -0.4 is 10.1 Å². The van der Waals surface area contributed by atoms with Crippen LogP contribution in [0.5, 0.6) is 5.75 Å². The highest BCUT2D eigenvalue weighted by molar-refractivity contribution is 5.98. The van der Waals surface area contributed by atoms with Crippen LogP contribution in [0.2, 0.25) is 0 Å². The summed E-state index contributed by atoms with van der Waals surface area (Å²) >= 11 is 0. The summed E-state index contributed by atoms with van der Waals surface area (Å²) < 4.78 is 11.0. The van der Waals surface area contributed by atoms with Gasteiger partial charge in [-0.15, -0.1) is 0 Å². The smallest absolute Gasteiger partial charge is 0.339 e. The molecule has 3 aromatic carbocycles. The molecule has 154 valence electrons. The first-order valence-electron chi connectivity index (χ1n) is 9.85. The Hall–Kier alpha value is -3.60. The monoisotopic (exact) mass is 403 g/mol. The van der Waals surface area contributed by atoms with Gasteiger partial charge in [0, 0.05) is 11.3 Å². The summed E-state index contributed by atoms with van der Waals surface area (Å²) in [6, 6.07) is 21.4. The van der Waals surface area contributed by atoms with Crippen molar-refractivity contribution in [2.45, 2.75) is 26.9 Å². The molecule has 0 fully saturated rings. The van der Waals surface area contributed by atoms with Crippen molar-refractivity contribution in [3.05, 3.63) is 95.1 Å². The van der Waals surface area contributed by atoms with Gasteiger partial charge in [0.2, 0.25) is 6.10 Å². The number of carbonyl (C=O) groups is 2. The lowest BCUT2D eigenvalue weighted by molar-refractivity contribution is -0.125. The molecular weight excluding hydrogens is 378 g/mol. The van der Waals surface area contributed by atoms with Gasteiger partial charge < -0.3 is 14.8 Å².